The number of benzene rings is 2. The molecule has 0 radical (unpaired) electrons. The highest BCUT2D eigenvalue weighted by Gasteiger charge is 2.25. The van der Waals surface area contributed by atoms with Crippen LogP contribution in [-0.2, 0) is 11.8 Å². The molecule has 124 valence electrons. The van der Waals surface area contributed by atoms with Crippen LogP contribution >= 0.6 is 0 Å². The fourth-order valence-electron chi connectivity index (χ4n) is 3.29. The van der Waals surface area contributed by atoms with E-state index in [1.165, 1.54) is 7.11 Å². The van der Waals surface area contributed by atoms with Gasteiger partial charge in [0.15, 0.2) is 0 Å². The van der Waals surface area contributed by atoms with E-state index >= 15 is 0 Å². The molecule has 0 saturated heterocycles. The van der Waals surface area contributed by atoms with Crippen molar-refractivity contribution in [2.45, 2.75) is 0 Å². The smallest absolute Gasteiger partial charge is 0.341 e. The fraction of sp³-hybridized carbons (Fsp3) is 0.100. The molecule has 0 aliphatic heterocycles. The lowest BCUT2D eigenvalue weighted by Gasteiger charge is -2.01. The average Bonchev–Trinajstić information content (AvgIpc) is 3.19. The number of carbonyl (C=O) groups excluding carboxylic acids is 2. The average molecular weight is 332 g/mol. The summed E-state index contributed by atoms with van der Waals surface area (Å²) in [7, 11) is 3.22. The zero-order valence-corrected chi connectivity index (χ0v) is 13.9. The molecule has 0 N–H and O–H groups in total. The van der Waals surface area contributed by atoms with Crippen molar-refractivity contribution in [2.24, 2.45) is 7.05 Å². The van der Waals surface area contributed by atoms with Crippen molar-refractivity contribution in [3.05, 3.63) is 77.5 Å². The summed E-state index contributed by atoms with van der Waals surface area (Å²) in [6.45, 7) is 0. The number of nitrogens with zero attached hydrogens (tertiary/aromatic N) is 2. The Balaban J connectivity index is 2.09. The second-order valence-electron chi connectivity index (χ2n) is 5.84. The Labute approximate surface area is 144 Å². The molecule has 0 unspecified atom stereocenters. The first-order chi connectivity index (χ1) is 12.1. The topological polar surface area (TPSA) is 52.7 Å². The molecule has 4 rings (SSSR count). The van der Waals surface area contributed by atoms with Crippen molar-refractivity contribution in [3.8, 4) is 0 Å². The molecule has 0 spiro atoms. The Hall–Kier alpha value is -3.34. The van der Waals surface area contributed by atoms with E-state index in [1.807, 2.05) is 58.5 Å². The van der Waals surface area contributed by atoms with Gasteiger partial charge in [-0.15, -0.1) is 0 Å². The molecule has 4 aromatic rings. The molecule has 0 amide bonds. The minimum absolute atomic E-state index is 0.137. The SMILES string of the molecule is COC(=O)c1cc(C(=O)c2ccccc2)n2c3ccccc3n(C)c12. The third-order valence-electron chi connectivity index (χ3n) is 4.45. The van der Waals surface area contributed by atoms with E-state index in [-0.39, 0.29) is 5.78 Å². The summed E-state index contributed by atoms with van der Waals surface area (Å²) in [5, 5.41) is 0. The highest BCUT2D eigenvalue weighted by molar-refractivity contribution is 6.12. The zero-order chi connectivity index (χ0) is 17.6. The molecule has 0 bridgehead atoms. The highest BCUT2D eigenvalue weighted by atomic mass is 16.5. The van der Waals surface area contributed by atoms with Crippen molar-refractivity contribution >= 4 is 28.4 Å². The number of aromatic nitrogens is 2. The van der Waals surface area contributed by atoms with Gasteiger partial charge in [-0.05, 0) is 18.2 Å². The molecular weight excluding hydrogens is 316 g/mol. The van der Waals surface area contributed by atoms with E-state index in [4.69, 9.17) is 4.74 Å². The monoisotopic (exact) mass is 332 g/mol. The zero-order valence-electron chi connectivity index (χ0n) is 13.9. The van der Waals surface area contributed by atoms with Crippen molar-refractivity contribution < 1.29 is 14.3 Å². The number of ether oxygens (including phenoxy) is 1. The van der Waals surface area contributed by atoms with Crippen LogP contribution in [0.15, 0.2) is 60.7 Å². The van der Waals surface area contributed by atoms with Gasteiger partial charge in [0.05, 0.1) is 23.8 Å². The first kappa shape index (κ1) is 15.2. The number of rotatable bonds is 3. The Morgan fingerprint density at radius 3 is 2.24 bits per heavy atom. The van der Waals surface area contributed by atoms with Crippen molar-refractivity contribution in [1.29, 1.82) is 0 Å². The minimum atomic E-state index is -0.462. The van der Waals surface area contributed by atoms with Gasteiger partial charge in [-0.1, -0.05) is 42.5 Å². The van der Waals surface area contributed by atoms with E-state index in [2.05, 4.69) is 0 Å². The molecular formula is C20H16N2O3. The number of hydrogen-bond acceptors (Lipinski definition) is 3. The van der Waals surface area contributed by atoms with Gasteiger partial charge >= 0.3 is 5.97 Å². The summed E-state index contributed by atoms with van der Waals surface area (Å²) in [4.78, 5) is 25.3. The van der Waals surface area contributed by atoms with Gasteiger partial charge in [0.25, 0.3) is 0 Å². The van der Waals surface area contributed by atoms with Crippen LogP contribution in [0.4, 0.5) is 0 Å². The number of imidazole rings is 1. The number of ketones is 1. The lowest BCUT2D eigenvalue weighted by Crippen LogP contribution is -2.04. The van der Waals surface area contributed by atoms with Crippen LogP contribution in [0.3, 0.4) is 0 Å². The number of esters is 1. The van der Waals surface area contributed by atoms with Crippen LogP contribution < -0.4 is 0 Å². The summed E-state index contributed by atoms with van der Waals surface area (Å²) in [5.41, 5.74) is 3.84. The molecule has 0 aliphatic rings. The minimum Gasteiger partial charge on any atom is -0.465 e. The quantitative estimate of drug-likeness (QED) is 0.426. The number of aryl methyl sites for hydroxylation is 1. The maximum Gasteiger partial charge on any atom is 0.341 e. The normalized spacial score (nSPS) is 11.1. The van der Waals surface area contributed by atoms with Crippen LogP contribution in [0.5, 0.6) is 0 Å². The predicted molar refractivity (Wildman–Crippen MR) is 95.1 cm³/mol. The van der Waals surface area contributed by atoms with E-state index in [1.54, 1.807) is 18.2 Å². The Kier molecular flexibility index (Phi) is 3.42. The fourth-order valence-corrected chi connectivity index (χ4v) is 3.29. The summed E-state index contributed by atoms with van der Waals surface area (Å²) in [6.07, 6.45) is 0. The van der Waals surface area contributed by atoms with Gasteiger partial charge in [-0.25, -0.2) is 4.79 Å². The first-order valence-electron chi connectivity index (χ1n) is 7.90. The third-order valence-corrected chi connectivity index (χ3v) is 4.45. The van der Waals surface area contributed by atoms with Crippen LogP contribution in [0, 0.1) is 0 Å². The van der Waals surface area contributed by atoms with Gasteiger partial charge in [-0.2, -0.15) is 0 Å². The molecule has 25 heavy (non-hydrogen) atoms. The van der Waals surface area contributed by atoms with Crippen LogP contribution in [0.25, 0.3) is 16.7 Å². The molecule has 5 heteroatoms. The van der Waals surface area contributed by atoms with E-state index in [9.17, 15) is 9.59 Å². The summed E-state index contributed by atoms with van der Waals surface area (Å²) in [6, 6.07) is 18.4. The highest BCUT2D eigenvalue weighted by Crippen LogP contribution is 2.28. The Bertz CT molecular complexity index is 1120. The third kappa shape index (κ3) is 2.16. The number of methoxy groups -OCH3 is 1. The Morgan fingerprint density at radius 2 is 1.56 bits per heavy atom. The van der Waals surface area contributed by atoms with Gasteiger partial charge < -0.3 is 9.30 Å². The summed E-state index contributed by atoms with van der Waals surface area (Å²) >= 11 is 0. The second-order valence-corrected chi connectivity index (χ2v) is 5.84. The number of hydrogen-bond donors (Lipinski definition) is 0. The van der Waals surface area contributed by atoms with Crippen LogP contribution in [-0.4, -0.2) is 27.8 Å². The Morgan fingerprint density at radius 1 is 0.920 bits per heavy atom. The lowest BCUT2D eigenvalue weighted by molar-refractivity contribution is 0.0602. The van der Waals surface area contributed by atoms with Crippen molar-refractivity contribution in [1.82, 2.24) is 8.97 Å². The maximum atomic E-state index is 13.1. The molecule has 2 aromatic carbocycles. The molecule has 0 aliphatic carbocycles. The van der Waals surface area contributed by atoms with Crippen LogP contribution in [0.2, 0.25) is 0 Å². The summed E-state index contributed by atoms with van der Waals surface area (Å²) in [5.74, 6) is -0.599. The first-order valence-corrected chi connectivity index (χ1v) is 7.90. The molecule has 2 heterocycles. The van der Waals surface area contributed by atoms with Gasteiger partial charge in [-0.3, -0.25) is 9.20 Å². The second kappa shape index (κ2) is 5.63. The number of fused-ring (bicyclic) bond motifs is 3. The molecule has 5 nitrogen and oxygen atoms in total. The summed E-state index contributed by atoms with van der Waals surface area (Å²) < 4.78 is 8.65. The standard InChI is InChI=1S/C20H16N2O3/c1-21-15-10-6-7-11-16(15)22-17(12-14(19(21)22)20(24)25-2)18(23)13-8-4-3-5-9-13/h3-12H,1-2H3. The van der Waals surface area contributed by atoms with E-state index in [0.29, 0.717) is 22.5 Å². The number of para-hydroxylation sites is 2. The number of carbonyl (C=O) groups is 2. The van der Waals surface area contributed by atoms with Crippen LogP contribution in [0.1, 0.15) is 26.4 Å². The molecule has 0 fully saturated rings. The van der Waals surface area contributed by atoms with Gasteiger partial charge in [0.1, 0.15) is 11.2 Å². The van der Waals surface area contributed by atoms with E-state index in [0.717, 1.165) is 11.0 Å². The molecule has 0 atom stereocenters. The van der Waals surface area contributed by atoms with E-state index < -0.39 is 5.97 Å². The van der Waals surface area contributed by atoms with Gasteiger partial charge in [0.2, 0.25) is 5.78 Å². The molecule has 2 aromatic heterocycles. The van der Waals surface area contributed by atoms with Crippen molar-refractivity contribution in [3.63, 3.8) is 0 Å². The van der Waals surface area contributed by atoms with Crippen molar-refractivity contribution in [2.75, 3.05) is 7.11 Å². The lowest BCUT2D eigenvalue weighted by atomic mass is 10.1. The molecule has 0 saturated carbocycles. The van der Waals surface area contributed by atoms with Gasteiger partial charge in [0, 0.05) is 12.6 Å². The maximum absolute atomic E-state index is 13.1. The largest absolute Gasteiger partial charge is 0.465 e. The predicted octanol–water partition coefficient (Wildman–Crippen LogP) is 3.45.